The van der Waals surface area contributed by atoms with Crippen molar-refractivity contribution in [2.45, 2.75) is 31.8 Å². The quantitative estimate of drug-likeness (QED) is 0.612. The van der Waals surface area contributed by atoms with Crippen LogP contribution >= 0.6 is 0 Å². The van der Waals surface area contributed by atoms with E-state index in [0.29, 0.717) is 0 Å². The molecule has 2 aliphatic rings. The molecule has 0 radical (unpaired) electrons. The highest BCUT2D eigenvalue weighted by Gasteiger charge is 2.34. The third-order valence-corrected chi connectivity index (χ3v) is 3.17. The van der Waals surface area contributed by atoms with Crippen LogP contribution in [0.3, 0.4) is 0 Å². The second-order valence-electron chi connectivity index (χ2n) is 4.25. The second-order valence-corrected chi connectivity index (χ2v) is 4.25. The molecule has 1 heterocycles. The molecule has 2 N–H and O–H groups in total. The molecule has 1 unspecified atom stereocenters. The highest BCUT2D eigenvalue weighted by molar-refractivity contribution is 5.87. The fraction of sp³-hybridized carbons (Fsp3) is 0.900. The summed E-state index contributed by atoms with van der Waals surface area (Å²) >= 11 is 0. The molecule has 1 saturated carbocycles. The van der Waals surface area contributed by atoms with Gasteiger partial charge in [-0.25, -0.2) is 0 Å². The van der Waals surface area contributed by atoms with Gasteiger partial charge in [0.25, 0.3) is 0 Å². The zero-order valence-corrected chi connectivity index (χ0v) is 8.78. The Balaban J connectivity index is 1.68. The third kappa shape index (κ3) is 1.91. The van der Waals surface area contributed by atoms with Crippen molar-refractivity contribution in [1.29, 1.82) is 0 Å². The molecular formula is C10H19N3O. The number of rotatable bonds is 5. The normalized spacial score (nSPS) is 26.9. The Morgan fingerprint density at radius 1 is 1.57 bits per heavy atom. The van der Waals surface area contributed by atoms with Crippen LogP contribution in [0.1, 0.15) is 19.8 Å². The summed E-state index contributed by atoms with van der Waals surface area (Å²) < 4.78 is 0. The van der Waals surface area contributed by atoms with Gasteiger partial charge in [0.2, 0.25) is 5.91 Å². The Bertz CT molecular complexity index is 227. The van der Waals surface area contributed by atoms with E-state index in [1.165, 1.54) is 12.8 Å². The number of hydrogen-bond donors (Lipinski definition) is 1. The molecular weight excluding hydrogens is 178 g/mol. The lowest BCUT2D eigenvalue weighted by Gasteiger charge is -2.37. The van der Waals surface area contributed by atoms with Crippen LogP contribution in [0.25, 0.3) is 0 Å². The first kappa shape index (κ1) is 9.93. The Morgan fingerprint density at radius 3 is 2.71 bits per heavy atom. The number of nitrogens with two attached hydrogens (primary N) is 1. The molecule has 0 bridgehead atoms. The third-order valence-electron chi connectivity index (χ3n) is 3.17. The van der Waals surface area contributed by atoms with Crippen molar-refractivity contribution in [1.82, 2.24) is 9.80 Å². The lowest BCUT2D eigenvalue weighted by molar-refractivity contribution is -0.142. The van der Waals surface area contributed by atoms with Crippen molar-refractivity contribution in [2.75, 3.05) is 26.2 Å². The number of carbonyl (C=O) groups excluding carboxylic acids is 1. The molecule has 0 aromatic carbocycles. The van der Waals surface area contributed by atoms with Gasteiger partial charge in [0.05, 0.1) is 0 Å². The summed E-state index contributed by atoms with van der Waals surface area (Å²) in [7, 11) is 0. The van der Waals surface area contributed by atoms with Crippen LogP contribution in [0.2, 0.25) is 0 Å². The van der Waals surface area contributed by atoms with E-state index >= 15 is 0 Å². The molecule has 1 atom stereocenters. The SMILES string of the molecule is CCN(CCN1CC(N)C1=O)C1CC1. The molecule has 1 amide bonds. The monoisotopic (exact) mass is 197 g/mol. The van der Waals surface area contributed by atoms with Crippen molar-refractivity contribution in [2.24, 2.45) is 5.73 Å². The van der Waals surface area contributed by atoms with Gasteiger partial charge in [-0.05, 0) is 19.4 Å². The summed E-state index contributed by atoms with van der Waals surface area (Å²) in [5.74, 6) is 0.122. The highest BCUT2D eigenvalue weighted by Crippen LogP contribution is 2.26. The van der Waals surface area contributed by atoms with E-state index in [-0.39, 0.29) is 11.9 Å². The lowest BCUT2D eigenvalue weighted by Crippen LogP contribution is -2.62. The fourth-order valence-electron chi connectivity index (χ4n) is 2.02. The Kier molecular flexibility index (Phi) is 2.74. The summed E-state index contributed by atoms with van der Waals surface area (Å²) in [6, 6.07) is 0.580. The number of carbonyl (C=O) groups is 1. The summed E-state index contributed by atoms with van der Waals surface area (Å²) in [5, 5.41) is 0. The van der Waals surface area contributed by atoms with Crippen molar-refractivity contribution in [3.63, 3.8) is 0 Å². The van der Waals surface area contributed by atoms with Gasteiger partial charge in [0.15, 0.2) is 0 Å². The van der Waals surface area contributed by atoms with Gasteiger partial charge in [0.1, 0.15) is 6.04 Å². The van der Waals surface area contributed by atoms with Gasteiger partial charge >= 0.3 is 0 Å². The summed E-state index contributed by atoms with van der Waals surface area (Å²) in [4.78, 5) is 15.5. The molecule has 4 heteroatoms. The van der Waals surface area contributed by atoms with Gasteiger partial charge in [-0.2, -0.15) is 0 Å². The van der Waals surface area contributed by atoms with E-state index in [1.807, 2.05) is 4.90 Å². The molecule has 80 valence electrons. The first-order chi connectivity index (χ1) is 6.72. The van der Waals surface area contributed by atoms with Crippen molar-refractivity contribution in [3.05, 3.63) is 0 Å². The van der Waals surface area contributed by atoms with Gasteiger partial charge < -0.3 is 10.6 Å². The minimum atomic E-state index is -0.217. The number of amides is 1. The number of hydrogen-bond acceptors (Lipinski definition) is 3. The molecule has 4 nitrogen and oxygen atoms in total. The fourth-order valence-corrected chi connectivity index (χ4v) is 2.02. The van der Waals surface area contributed by atoms with E-state index in [4.69, 9.17) is 5.73 Å². The maximum Gasteiger partial charge on any atom is 0.241 e. The van der Waals surface area contributed by atoms with Gasteiger partial charge in [-0.15, -0.1) is 0 Å². The molecule has 1 aliphatic carbocycles. The standard InChI is InChI=1S/C10H19N3O/c1-2-12(8-3-4-8)5-6-13-7-9(11)10(13)14/h8-9H,2-7,11H2,1H3. The van der Waals surface area contributed by atoms with Crippen LogP contribution in [0, 0.1) is 0 Å². The largest absolute Gasteiger partial charge is 0.338 e. The van der Waals surface area contributed by atoms with Crippen LogP contribution in [0.4, 0.5) is 0 Å². The van der Waals surface area contributed by atoms with E-state index in [9.17, 15) is 4.79 Å². The van der Waals surface area contributed by atoms with E-state index in [1.54, 1.807) is 0 Å². The zero-order valence-electron chi connectivity index (χ0n) is 8.78. The topological polar surface area (TPSA) is 49.6 Å². The minimum Gasteiger partial charge on any atom is -0.338 e. The number of likely N-dealkylation sites (N-methyl/N-ethyl adjacent to an activating group) is 1. The average molecular weight is 197 g/mol. The molecule has 2 rings (SSSR count). The Labute approximate surface area is 85.0 Å². The first-order valence-corrected chi connectivity index (χ1v) is 5.50. The van der Waals surface area contributed by atoms with Gasteiger partial charge in [-0.1, -0.05) is 6.92 Å². The number of β-lactam (4-membered cyclic amide) rings is 1. The van der Waals surface area contributed by atoms with E-state index < -0.39 is 0 Å². The highest BCUT2D eigenvalue weighted by atomic mass is 16.2. The van der Waals surface area contributed by atoms with Crippen molar-refractivity contribution in [3.8, 4) is 0 Å². The number of nitrogens with zero attached hydrogens (tertiary/aromatic N) is 2. The van der Waals surface area contributed by atoms with Crippen LogP contribution in [-0.2, 0) is 4.79 Å². The molecule has 2 fully saturated rings. The first-order valence-electron chi connectivity index (χ1n) is 5.50. The predicted molar refractivity (Wildman–Crippen MR) is 54.8 cm³/mol. The van der Waals surface area contributed by atoms with Crippen LogP contribution in [0.15, 0.2) is 0 Å². The van der Waals surface area contributed by atoms with Crippen LogP contribution < -0.4 is 5.73 Å². The molecule has 0 aromatic heterocycles. The van der Waals surface area contributed by atoms with E-state index in [0.717, 1.165) is 32.2 Å². The van der Waals surface area contributed by atoms with E-state index in [2.05, 4.69) is 11.8 Å². The maximum atomic E-state index is 11.2. The van der Waals surface area contributed by atoms with Gasteiger partial charge in [-0.3, -0.25) is 9.69 Å². The molecule has 14 heavy (non-hydrogen) atoms. The Morgan fingerprint density at radius 2 is 2.29 bits per heavy atom. The lowest BCUT2D eigenvalue weighted by atomic mass is 10.1. The summed E-state index contributed by atoms with van der Waals surface area (Å²) in [6.45, 7) is 5.90. The maximum absolute atomic E-state index is 11.2. The number of likely N-dealkylation sites (tertiary alicyclic amines) is 1. The average Bonchev–Trinajstić information content (AvgIpc) is 3.00. The summed E-state index contributed by atoms with van der Waals surface area (Å²) in [5.41, 5.74) is 5.52. The van der Waals surface area contributed by atoms with Crippen LogP contribution in [0.5, 0.6) is 0 Å². The summed E-state index contributed by atoms with van der Waals surface area (Å²) in [6.07, 6.45) is 2.67. The molecule has 0 aromatic rings. The van der Waals surface area contributed by atoms with Crippen LogP contribution in [-0.4, -0.2) is 54.0 Å². The minimum absolute atomic E-state index is 0.122. The zero-order chi connectivity index (χ0) is 10.1. The molecule has 0 spiro atoms. The smallest absolute Gasteiger partial charge is 0.241 e. The van der Waals surface area contributed by atoms with Crippen molar-refractivity contribution < 1.29 is 4.79 Å². The van der Waals surface area contributed by atoms with Crippen molar-refractivity contribution >= 4 is 5.91 Å². The Hall–Kier alpha value is -0.610. The second kappa shape index (κ2) is 3.87. The molecule has 1 saturated heterocycles. The van der Waals surface area contributed by atoms with Gasteiger partial charge in [0, 0.05) is 25.7 Å². The molecule has 1 aliphatic heterocycles. The predicted octanol–water partition coefficient (Wildman–Crippen LogP) is -0.360.